The Labute approximate surface area is 114 Å². The molecule has 0 spiro atoms. The van der Waals surface area contributed by atoms with Gasteiger partial charge in [0.2, 0.25) is 0 Å². The zero-order valence-electron chi connectivity index (χ0n) is 11.8. The first-order chi connectivity index (χ1) is 9.15. The van der Waals surface area contributed by atoms with Crippen LogP contribution in [-0.4, -0.2) is 62.1 Å². The maximum atomic E-state index is 11.3. The van der Waals surface area contributed by atoms with Crippen molar-refractivity contribution < 1.29 is 27.5 Å². The molecule has 1 unspecified atom stereocenters. The summed E-state index contributed by atoms with van der Waals surface area (Å²) in [6.45, 7) is 1.68. The van der Waals surface area contributed by atoms with Crippen molar-refractivity contribution in [1.82, 2.24) is 5.32 Å². The summed E-state index contributed by atoms with van der Waals surface area (Å²) in [5.41, 5.74) is 0. The third-order valence-electron chi connectivity index (χ3n) is 2.94. The lowest BCUT2D eigenvalue weighted by Gasteiger charge is -2.24. The van der Waals surface area contributed by atoms with Crippen LogP contribution in [0.1, 0.15) is 12.8 Å². The van der Waals surface area contributed by atoms with Gasteiger partial charge >= 0.3 is 14.9 Å². The number of rotatable bonds is 10. The standard InChI is InChI=1S/C11H23NO6Si/c1-14-19(15-2,16-3)8-4-6-12-11(13)17-7-5-10-9-18-10/h10H,4-9H2,1-3H3,(H,12,13). The van der Waals surface area contributed by atoms with E-state index in [9.17, 15) is 4.79 Å². The largest absolute Gasteiger partial charge is 0.500 e. The van der Waals surface area contributed by atoms with Crippen LogP contribution >= 0.6 is 0 Å². The van der Waals surface area contributed by atoms with E-state index in [1.165, 1.54) is 0 Å². The molecule has 1 rings (SSSR count). The van der Waals surface area contributed by atoms with E-state index in [0.717, 1.165) is 13.0 Å². The molecular formula is C11H23NO6Si. The Morgan fingerprint density at radius 2 is 1.95 bits per heavy atom. The van der Waals surface area contributed by atoms with E-state index in [2.05, 4.69) is 5.32 Å². The molecule has 1 amide bonds. The third kappa shape index (κ3) is 6.35. The molecule has 1 saturated heterocycles. The lowest BCUT2D eigenvalue weighted by atomic mass is 10.4. The number of carbonyl (C=O) groups excluding carboxylic acids is 1. The Hall–Kier alpha value is -0.673. The lowest BCUT2D eigenvalue weighted by Crippen LogP contribution is -2.43. The van der Waals surface area contributed by atoms with Gasteiger partial charge in [-0.1, -0.05) is 0 Å². The molecule has 0 bridgehead atoms. The van der Waals surface area contributed by atoms with E-state index in [1.54, 1.807) is 21.3 Å². The van der Waals surface area contributed by atoms with Gasteiger partial charge in [-0.3, -0.25) is 0 Å². The molecule has 0 aromatic carbocycles. The van der Waals surface area contributed by atoms with Crippen LogP contribution in [0.15, 0.2) is 0 Å². The molecule has 1 aliphatic rings. The van der Waals surface area contributed by atoms with Crippen molar-refractivity contribution in [3.05, 3.63) is 0 Å². The molecule has 19 heavy (non-hydrogen) atoms. The molecule has 1 atom stereocenters. The van der Waals surface area contributed by atoms with Gasteiger partial charge < -0.3 is 28.1 Å². The van der Waals surface area contributed by atoms with Crippen LogP contribution in [0.25, 0.3) is 0 Å². The average Bonchev–Trinajstić information content (AvgIpc) is 3.24. The molecule has 1 aliphatic heterocycles. The molecule has 1 N–H and O–H groups in total. The highest BCUT2D eigenvalue weighted by Gasteiger charge is 2.36. The first kappa shape index (κ1) is 16.4. The van der Waals surface area contributed by atoms with Gasteiger partial charge in [0, 0.05) is 40.3 Å². The van der Waals surface area contributed by atoms with Gasteiger partial charge in [-0.05, 0) is 6.42 Å². The fourth-order valence-electron chi connectivity index (χ4n) is 1.62. The highest BCUT2D eigenvalue weighted by molar-refractivity contribution is 6.60. The van der Waals surface area contributed by atoms with Crippen LogP contribution in [-0.2, 0) is 22.8 Å². The summed E-state index contributed by atoms with van der Waals surface area (Å²) in [6.07, 6.45) is 1.35. The Morgan fingerprint density at radius 3 is 2.47 bits per heavy atom. The van der Waals surface area contributed by atoms with E-state index in [0.29, 0.717) is 25.6 Å². The van der Waals surface area contributed by atoms with Gasteiger partial charge in [0.05, 0.1) is 19.3 Å². The minimum atomic E-state index is -2.53. The van der Waals surface area contributed by atoms with Crippen LogP contribution in [0.2, 0.25) is 6.04 Å². The van der Waals surface area contributed by atoms with Crippen LogP contribution in [0.4, 0.5) is 4.79 Å². The number of alkyl carbamates (subject to hydrolysis) is 1. The Morgan fingerprint density at radius 1 is 1.32 bits per heavy atom. The number of epoxide rings is 1. The van der Waals surface area contributed by atoms with E-state index >= 15 is 0 Å². The molecule has 1 heterocycles. The maximum Gasteiger partial charge on any atom is 0.500 e. The molecule has 112 valence electrons. The Balaban J connectivity index is 2.03. The lowest BCUT2D eigenvalue weighted by molar-refractivity contribution is 0.122. The third-order valence-corrected chi connectivity index (χ3v) is 5.77. The fourth-order valence-corrected chi connectivity index (χ4v) is 3.34. The van der Waals surface area contributed by atoms with Crippen molar-refractivity contribution >= 4 is 14.9 Å². The van der Waals surface area contributed by atoms with Crippen LogP contribution in [0.5, 0.6) is 0 Å². The van der Waals surface area contributed by atoms with Crippen LogP contribution in [0.3, 0.4) is 0 Å². The molecule has 7 nitrogen and oxygen atoms in total. The summed E-state index contributed by atoms with van der Waals surface area (Å²) in [5, 5.41) is 2.68. The van der Waals surface area contributed by atoms with Gasteiger partial charge in [-0.15, -0.1) is 0 Å². The Bertz CT molecular complexity index is 262. The molecule has 8 heteroatoms. The van der Waals surface area contributed by atoms with Crippen molar-refractivity contribution in [2.75, 3.05) is 41.1 Å². The van der Waals surface area contributed by atoms with Crippen molar-refractivity contribution in [2.24, 2.45) is 0 Å². The van der Waals surface area contributed by atoms with Crippen LogP contribution in [0, 0.1) is 0 Å². The molecule has 0 aromatic rings. The maximum absolute atomic E-state index is 11.3. The highest BCUT2D eigenvalue weighted by Crippen LogP contribution is 2.14. The molecule has 1 fully saturated rings. The summed E-state index contributed by atoms with van der Waals surface area (Å²) in [6, 6.07) is 0.646. The van der Waals surface area contributed by atoms with Crippen molar-refractivity contribution in [3.63, 3.8) is 0 Å². The smallest absolute Gasteiger partial charge is 0.449 e. The number of amides is 1. The predicted octanol–water partition coefficient (Wildman–Crippen LogP) is 0.770. The topological polar surface area (TPSA) is 78.6 Å². The van der Waals surface area contributed by atoms with E-state index in [4.69, 9.17) is 22.8 Å². The summed E-state index contributed by atoms with van der Waals surface area (Å²) in [7, 11) is 2.18. The second kappa shape index (κ2) is 8.49. The Kier molecular flexibility index (Phi) is 7.32. The predicted molar refractivity (Wildman–Crippen MR) is 69.9 cm³/mol. The summed E-state index contributed by atoms with van der Waals surface area (Å²) >= 11 is 0. The molecular weight excluding hydrogens is 270 g/mol. The first-order valence-corrected chi connectivity index (χ1v) is 8.26. The van der Waals surface area contributed by atoms with Gasteiger partial charge in [-0.25, -0.2) is 4.79 Å². The molecule has 0 aliphatic carbocycles. The summed E-state index contributed by atoms with van der Waals surface area (Å²) in [5.74, 6) is 0. The summed E-state index contributed by atoms with van der Waals surface area (Å²) < 4.78 is 25.8. The zero-order chi connectivity index (χ0) is 14.1. The molecule has 0 saturated carbocycles. The normalized spacial score (nSPS) is 18.2. The van der Waals surface area contributed by atoms with Crippen molar-refractivity contribution in [2.45, 2.75) is 25.0 Å². The van der Waals surface area contributed by atoms with E-state index in [1.807, 2.05) is 0 Å². The number of carbonyl (C=O) groups is 1. The average molecular weight is 293 g/mol. The van der Waals surface area contributed by atoms with E-state index < -0.39 is 14.9 Å². The van der Waals surface area contributed by atoms with Gasteiger partial charge in [0.15, 0.2) is 0 Å². The first-order valence-electron chi connectivity index (χ1n) is 6.33. The second-order valence-electron chi connectivity index (χ2n) is 4.21. The minimum absolute atomic E-state index is 0.282. The van der Waals surface area contributed by atoms with Crippen molar-refractivity contribution in [1.29, 1.82) is 0 Å². The zero-order valence-corrected chi connectivity index (χ0v) is 12.8. The second-order valence-corrected chi connectivity index (χ2v) is 7.30. The molecule has 0 aromatic heterocycles. The monoisotopic (exact) mass is 293 g/mol. The SMILES string of the molecule is CO[Si](CCCNC(=O)OCCC1CO1)(OC)OC. The highest BCUT2D eigenvalue weighted by atomic mass is 28.4. The number of hydrogen-bond acceptors (Lipinski definition) is 6. The van der Waals surface area contributed by atoms with E-state index in [-0.39, 0.29) is 6.10 Å². The molecule has 0 radical (unpaired) electrons. The van der Waals surface area contributed by atoms with Gasteiger partial charge in [0.1, 0.15) is 0 Å². The quantitative estimate of drug-likeness (QED) is 0.364. The van der Waals surface area contributed by atoms with Gasteiger partial charge in [-0.2, -0.15) is 0 Å². The fraction of sp³-hybridized carbons (Fsp3) is 0.909. The van der Waals surface area contributed by atoms with Crippen LogP contribution < -0.4 is 5.32 Å². The number of nitrogens with one attached hydrogen (secondary N) is 1. The van der Waals surface area contributed by atoms with Gasteiger partial charge in [0.25, 0.3) is 0 Å². The minimum Gasteiger partial charge on any atom is -0.449 e. The number of hydrogen-bond donors (Lipinski definition) is 1. The summed E-state index contributed by atoms with van der Waals surface area (Å²) in [4.78, 5) is 11.3. The van der Waals surface area contributed by atoms with Crippen molar-refractivity contribution in [3.8, 4) is 0 Å². The number of ether oxygens (including phenoxy) is 2.